The minimum Gasteiger partial charge on any atom is -0.357 e. The van der Waals surface area contributed by atoms with Gasteiger partial charge in [-0.2, -0.15) is 0 Å². The highest BCUT2D eigenvalue weighted by molar-refractivity contribution is 7.80. The molecule has 4 rings (SSSR count). The number of fused-ring (bicyclic) bond motifs is 1. The molecule has 7 heteroatoms. The molecule has 0 saturated carbocycles. The molecule has 1 fully saturated rings. The molecule has 1 saturated heterocycles. The van der Waals surface area contributed by atoms with Crippen LogP contribution in [0.3, 0.4) is 0 Å². The Hall–Kier alpha value is -2.64. The summed E-state index contributed by atoms with van der Waals surface area (Å²) < 4.78 is 0. The highest BCUT2D eigenvalue weighted by atomic mass is 32.1. The summed E-state index contributed by atoms with van der Waals surface area (Å²) >= 11 is 4.34. The van der Waals surface area contributed by atoms with Crippen LogP contribution in [0.2, 0.25) is 0 Å². The smallest absolute Gasteiger partial charge is 0.255 e. The van der Waals surface area contributed by atoms with Gasteiger partial charge in [0, 0.05) is 36.2 Å². The first kappa shape index (κ1) is 26.4. The van der Waals surface area contributed by atoms with Crippen molar-refractivity contribution in [3.8, 4) is 0 Å². The number of aldehydes is 1. The summed E-state index contributed by atoms with van der Waals surface area (Å²) in [7, 11) is 1.64. The number of thiol groups is 1. The zero-order valence-electron chi connectivity index (χ0n) is 21.5. The lowest BCUT2D eigenvalue weighted by Gasteiger charge is -2.32. The third-order valence-electron chi connectivity index (χ3n) is 7.59. The first-order valence-electron chi connectivity index (χ1n) is 13.0. The first-order valence-corrected chi connectivity index (χ1v) is 13.4. The van der Waals surface area contributed by atoms with Crippen molar-refractivity contribution < 1.29 is 14.4 Å². The summed E-state index contributed by atoms with van der Waals surface area (Å²) in [6.45, 7) is 7.57. The van der Waals surface area contributed by atoms with Gasteiger partial charge in [0.15, 0.2) is 6.29 Å². The van der Waals surface area contributed by atoms with Crippen molar-refractivity contribution in [2.24, 2.45) is 5.92 Å². The van der Waals surface area contributed by atoms with Crippen LogP contribution in [-0.2, 0) is 17.9 Å². The predicted octanol–water partition coefficient (Wildman–Crippen LogP) is 4.67. The molecule has 1 unspecified atom stereocenters. The van der Waals surface area contributed by atoms with E-state index in [2.05, 4.69) is 48.8 Å². The van der Waals surface area contributed by atoms with E-state index in [9.17, 15) is 14.4 Å². The van der Waals surface area contributed by atoms with Crippen LogP contribution < -0.4 is 5.32 Å². The van der Waals surface area contributed by atoms with Gasteiger partial charge in [-0.3, -0.25) is 19.3 Å². The van der Waals surface area contributed by atoms with E-state index < -0.39 is 6.04 Å². The number of hydrogen-bond donors (Lipinski definition) is 2. The van der Waals surface area contributed by atoms with Gasteiger partial charge in [-0.25, -0.2) is 0 Å². The quantitative estimate of drug-likeness (QED) is 0.382. The number of likely N-dealkylation sites (tertiary alicyclic amines) is 1. The molecule has 0 radical (unpaired) electrons. The van der Waals surface area contributed by atoms with E-state index in [1.165, 1.54) is 5.56 Å². The van der Waals surface area contributed by atoms with Gasteiger partial charge < -0.3 is 10.2 Å². The third-order valence-corrected chi connectivity index (χ3v) is 8.00. The number of nitrogens with one attached hydrogen (secondary N) is 1. The van der Waals surface area contributed by atoms with Gasteiger partial charge in [0.05, 0.1) is 0 Å². The van der Waals surface area contributed by atoms with Gasteiger partial charge in [0.2, 0.25) is 5.91 Å². The second-order valence-corrected chi connectivity index (χ2v) is 11.0. The maximum absolute atomic E-state index is 13.2. The number of amides is 2. The maximum Gasteiger partial charge on any atom is 0.255 e. The minimum atomic E-state index is -0.430. The molecule has 0 aromatic heterocycles. The largest absolute Gasteiger partial charge is 0.357 e. The summed E-state index contributed by atoms with van der Waals surface area (Å²) in [4.78, 5) is 41.9. The average Bonchev–Trinajstić information content (AvgIpc) is 3.20. The van der Waals surface area contributed by atoms with E-state index in [1.807, 2.05) is 24.3 Å². The van der Waals surface area contributed by atoms with Crippen molar-refractivity contribution in [1.82, 2.24) is 15.1 Å². The Morgan fingerprint density at radius 1 is 1.14 bits per heavy atom. The third kappa shape index (κ3) is 5.84. The normalized spacial score (nSPS) is 17.4. The van der Waals surface area contributed by atoms with Crippen LogP contribution in [0.25, 0.3) is 0 Å². The van der Waals surface area contributed by atoms with Crippen LogP contribution in [0, 0.1) is 5.92 Å². The van der Waals surface area contributed by atoms with Crippen molar-refractivity contribution in [3.63, 3.8) is 0 Å². The Bertz CT molecular complexity index is 1120. The standard InChI is InChI=1S/C29H37N3O3S/c1-19(2)4-8-26(28(34)30-3)32-17-23-15-22(6-7-25(23)29(32)35)21-10-12-31(13-11-21)16-20-5-9-27(36)24(14-20)18-33/h5-7,9,14-15,18-19,21,26,36H,4,8,10-13,16-17H2,1-3H3,(H,30,34). The van der Waals surface area contributed by atoms with E-state index in [1.54, 1.807) is 11.9 Å². The van der Waals surface area contributed by atoms with E-state index in [0.29, 0.717) is 35.3 Å². The Balaban J connectivity index is 1.40. The molecule has 2 aliphatic heterocycles. The maximum atomic E-state index is 13.2. The SMILES string of the molecule is CNC(=O)C(CCC(C)C)N1Cc2cc(C3CCN(Cc4ccc(S)c(C=O)c4)CC3)ccc2C1=O. The Labute approximate surface area is 219 Å². The van der Waals surface area contributed by atoms with Crippen LogP contribution in [0.1, 0.15) is 82.9 Å². The lowest BCUT2D eigenvalue weighted by Crippen LogP contribution is -2.46. The molecule has 0 bridgehead atoms. The molecular formula is C29H37N3O3S. The first-order chi connectivity index (χ1) is 17.3. The van der Waals surface area contributed by atoms with E-state index >= 15 is 0 Å². The van der Waals surface area contributed by atoms with Crippen LogP contribution in [0.5, 0.6) is 0 Å². The Kier molecular flexibility index (Phi) is 8.52. The number of benzene rings is 2. The molecular weight excluding hydrogens is 470 g/mol. The van der Waals surface area contributed by atoms with Crippen molar-refractivity contribution in [3.05, 3.63) is 64.2 Å². The molecule has 6 nitrogen and oxygen atoms in total. The number of carbonyl (C=O) groups is 3. The van der Waals surface area contributed by atoms with Crippen LogP contribution in [0.15, 0.2) is 41.3 Å². The number of likely N-dealkylation sites (N-methyl/N-ethyl adjacent to an activating group) is 1. The molecule has 1 atom stereocenters. The van der Waals surface area contributed by atoms with Gasteiger partial charge in [0.1, 0.15) is 6.04 Å². The lowest BCUT2D eigenvalue weighted by atomic mass is 9.87. The summed E-state index contributed by atoms with van der Waals surface area (Å²) in [6.07, 6.45) is 4.54. The van der Waals surface area contributed by atoms with E-state index in [0.717, 1.165) is 61.9 Å². The van der Waals surface area contributed by atoms with Crippen LogP contribution in [0.4, 0.5) is 0 Å². The zero-order valence-corrected chi connectivity index (χ0v) is 22.4. The fourth-order valence-corrected chi connectivity index (χ4v) is 5.63. The minimum absolute atomic E-state index is 0.0364. The summed E-state index contributed by atoms with van der Waals surface area (Å²) in [5, 5.41) is 2.75. The van der Waals surface area contributed by atoms with Crippen molar-refractivity contribution in [2.75, 3.05) is 20.1 Å². The molecule has 2 heterocycles. The highest BCUT2D eigenvalue weighted by Crippen LogP contribution is 2.34. The monoisotopic (exact) mass is 507 g/mol. The number of carbonyl (C=O) groups excluding carboxylic acids is 3. The second kappa shape index (κ2) is 11.6. The van der Waals surface area contributed by atoms with E-state index in [4.69, 9.17) is 0 Å². The van der Waals surface area contributed by atoms with Gasteiger partial charge in [-0.1, -0.05) is 32.0 Å². The van der Waals surface area contributed by atoms with E-state index in [-0.39, 0.29) is 11.8 Å². The fourth-order valence-electron chi connectivity index (χ4n) is 5.43. The van der Waals surface area contributed by atoms with Gasteiger partial charge in [0.25, 0.3) is 5.91 Å². The Morgan fingerprint density at radius 2 is 1.89 bits per heavy atom. The number of hydrogen-bond acceptors (Lipinski definition) is 5. The second-order valence-electron chi connectivity index (χ2n) is 10.5. The van der Waals surface area contributed by atoms with Gasteiger partial charge >= 0.3 is 0 Å². The number of rotatable bonds is 9. The molecule has 2 aromatic rings. The molecule has 192 valence electrons. The molecule has 36 heavy (non-hydrogen) atoms. The van der Waals surface area contributed by atoms with Crippen molar-refractivity contribution in [2.45, 2.75) is 69.5 Å². The Morgan fingerprint density at radius 3 is 2.56 bits per heavy atom. The number of nitrogens with zero attached hydrogens (tertiary/aromatic N) is 2. The summed E-state index contributed by atoms with van der Waals surface area (Å²) in [5.74, 6) is 0.806. The highest BCUT2D eigenvalue weighted by Gasteiger charge is 2.36. The molecule has 2 amide bonds. The molecule has 0 aliphatic carbocycles. The van der Waals surface area contributed by atoms with Crippen molar-refractivity contribution in [1.29, 1.82) is 0 Å². The zero-order chi connectivity index (χ0) is 25.8. The fraction of sp³-hybridized carbons (Fsp3) is 0.483. The molecule has 1 N–H and O–H groups in total. The average molecular weight is 508 g/mol. The predicted molar refractivity (Wildman–Crippen MR) is 145 cm³/mol. The molecule has 2 aliphatic rings. The summed E-state index contributed by atoms with van der Waals surface area (Å²) in [6, 6.07) is 11.7. The lowest BCUT2D eigenvalue weighted by molar-refractivity contribution is -0.125. The number of piperidine rings is 1. The summed E-state index contributed by atoms with van der Waals surface area (Å²) in [5.41, 5.74) is 4.81. The van der Waals surface area contributed by atoms with Crippen molar-refractivity contribution >= 4 is 30.7 Å². The molecule has 2 aromatic carbocycles. The van der Waals surface area contributed by atoms with Crippen LogP contribution in [-0.4, -0.2) is 54.1 Å². The van der Waals surface area contributed by atoms with Gasteiger partial charge in [-0.05, 0) is 85.5 Å². The van der Waals surface area contributed by atoms with Gasteiger partial charge in [-0.15, -0.1) is 12.6 Å². The molecule has 0 spiro atoms. The topological polar surface area (TPSA) is 69.7 Å². The van der Waals surface area contributed by atoms with Crippen LogP contribution >= 0.6 is 12.6 Å².